The van der Waals surface area contributed by atoms with Gasteiger partial charge in [0.25, 0.3) is 0 Å². The molecule has 8 heteroatoms. The van der Waals surface area contributed by atoms with Crippen LogP contribution in [0.5, 0.6) is 0 Å². The molecule has 3 nitrogen and oxygen atoms in total. The highest BCUT2D eigenvalue weighted by Crippen LogP contribution is 2.25. The van der Waals surface area contributed by atoms with Crippen molar-refractivity contribution in [1.29, 1.82) is 0 Å². The number of aryl methyl sites for hydroxylation is 1. The Morgan fingerprint density at radius 3 is 2.53 bits per heavy atom. The van der Waals surface area contributed by atoms with Crippen molar-refractivity contribution in [2.75, 3.05) is 5.73 Å². The lowest BCUT2D eigenvalue weighted by Gasteiger charge is -2.08. The Morgan fingerprint density at radius 2 is 1.89 bits per heavy atom. The number of rotatable bonds is 3. The number of alkyl halides is 3. The molecule has 1 aromatic carbocycles. The number of fused-ring (bicyclic) bond motifs is 1. The number of nitrogen functional groups attached to an aromatic ring is 1. The molecule has 0 aliphatic carbocycles. The first-order chi connectivity index (χ1) is 8.78. The average Bonchev–Trinajstić information content (AvgIpc) is 2.55. The minimum atomic E-state index is -4.28. The van der Waals surface area contributed by atoms with Crippen LogP contribution in [-0.2, 0) is 6.54 Å². The fourth-order valence-electron chi connectivity index (χ4n) is 1.84. The molecule has 0 atom stereocenters. The van der Waals surface area contributed by atoms with Crippen LogP contribution in [0.3, 0.4) is 0 Å². The van der Waals surface area contributed by atoms with E-state index in [9.17, 15) is 22.0 Å². The van der Waals surface area contributed by atoms with Gasteiger partial charge in [0.1, 0.15) is 11.3 Å². The van der Waals surface area contributed by atoms with E-state index in [1.54, 1.807) is 0 Å². The molecule has 0 saturated heterocycles. The van der Waals surface area contributed by atoms with Gasteiger partial charge < -0.3 is 10.3 Å². The summed E-state index contributed by atoms with van der Waals surface area (Å²) in [5.41, 5.74) is 5.41. The van der Waals surface area contributed by atoms with Crippen LogP contribution in [0.1, 0.15) is 12.8 Å². The molecule has 1 heterocycles. The molecule has 0 amide bonds. The summed E-state index contributed by atoms with van der Waals surface area (Å²) in [4.78, 5) is 3.69. The minimum absolute atomic E-state index is 0.0529. The largest absolute Gasteiger partial charge is 0.389 e. The summed E-state index contributed by atoms with van der Waals surface area (Å²) in [5, 5.41) is 0. The zero-order valence-electron chi connectivity index (χ0n) is 9.64. The van der Waals surface area contributed by atoms with Gasteiger partial charge in [-0.15, -0.1) is 0 Å². The van der Waals surface area contributed by atoms with E-state index in [1.165, 1.54) is 4.57 Å². The van der Waals surface area contributed by atoms with E-state index in [-0.39, 0.29) is 29.9 Å². The number of nitrogens with zero attached hydrogens (tertiary/aromatic N) is 2. The van der Waals surface area contributed by atoms with E-state index in [1.807, 2.05) is 0 Å². The van der Waals surface area contributed by atoms with Crippen molar-refractivity contribution in [3.8, 4) is 0 Å². The molecule has 0 spiro atoms. The highest BCUT2D eigenvalue weighted by atomic mass is 19.4. The third-order valence-corrected chi connectivity index (χ3v) is 2.64. The van der Waals surface area contributed by atoms with Gasteiger partial charge in [-0.05, 0) is 6.42 Å². The molecule has 2 aromatic rings. The monoisotopic (exact) mass is 279 g/mol. The number of aromatic nitrogens is 2. The van der Waals surface area contributed by atoms with E-state index in [2.05, 4.69) is 4.98 Å². The normalized spacial score (nSPS) is 12.3. The van der Waals surface area contributed by atoms with Crippen molar-refractivity contribution in [3.63, 3.8) is 0 Å². The van der Waals surface area contributed by atoms with Gasteiger partial charge in [-0.3, -0.25) is 0 Å². The summed E-state index contributed by atoms with van der Waals surface area (Å²) in [6.45, 7) is -0.106. The number of nitrogens with two attached hydrogens (primary N) is 1. The molecule has 0 radical (unpaired) electrons. The second-order valence-corrected chi connectivity index (χ2v) is 4.10. The number of hydrogen-bond acceptors (Lipinski definition) is 2. The second kappa shape index (κ2) is 4.67. The molecule has 0 saturated carbocycles. The summed E-state index contributed by atoms with van der Waals surface area (Å²) < 4.78 is 63.8. The lowest BCUT2D eigenvalue weighted by molar-refractivity contribution is -0.135. The predicted molar refractivity (Wildman–Crippen MR) is 59.4 cm³/mol. The highest BCUT2D eigenvalue weighted by Gasteiger charge is 2.26. The van der Waals surface area contributed by atoms with Crippen molar-refractivity contribution >= 4 is 17.0 Å². The Morgan fingerprint density at radius 1 is 1.21 bits per heavy atom. The smallest absolute Gasteiger partial charge is 0.369 e. The number of anilines is 1. The zero-order valence-corrected chi connectivity index (χ0v) is 9.64. The molecule has 104 valence electrons. The first-order valence-electron chi connectivity index (χ1n) is 5.45. The summed E-state index contributed by atoms with van der Waals surface area (Å²) in [7, 11) is 0. The van der Waals surface area contributed by atoms with Crippen molar-refractivity contribution in [3.05, 3.63) is 23.8 Å². The first kappa shape index (κ1) is 13.6. The Bertz CT molecular complexity index is 602. The number of imidazole rings is 1. The van der Waals surface area contributed by atoms with Gasteiger partial charge in [0.2, 0.25) is 5.95 Å². The SMILES string of the molecule is Nc1nc2c(F)cc(F)cc2n1CCCC(F)(F)F. The maximum absolute atomic E-state index is 13.4. The summed E-state index contributed by atoms with van der Waals surface area (Å²) in [5.74, 6) is -1.86. The van der Waals surface area contributed by atoms with Crippen LogP contribution >= 0.6 is 0 Å². The van der Waals surface area contributed by atoms with Gasteiger partial charge >= 0.3 is 6.18 Å². The molecule has 2 N–H and O–H groups in total. The molecule has 0 aliphatic heterocycles. The Labute approximate surface area is 104 Å². The molecule has 0 fully saturated rings. The van der Waals surface area contributed by atoms with Crippen LogP contribution in [-0.4, -0.2) is 15.7 Å². The van der Waals surface area contributed by atoms with Crippen molar-refractivity contribution in [1.82, 2.24) is 9.55 Å². The van der Waals surface area contributed by atoms with E-state index in [0.717, 1.165) is 6.07 Å². The van der Waals surface area contributed by atoms with Gasteiger partial charge in [-0.1, -0.05) is 0 Å². The minimum Gasteiger partial charge on any atom is -0.369 e. The van der Waals surface area contributed by atoms with Crippen LogP contribution in [0.15, 0.2) is 12.1 Å². The molecular weight excluding hydrogens is 269 g/mol. The number of hydrogen-bond donors (Lipinski definition) is 1. The third-order valence-electron chi connectivity index (χ3n) is 2.64. The van der Waals surface area contributed by atoms with Gasteiger partial charge in [0.15, 0.2) is 5.82 Å². The zero-order chi connectivity index (χ0) is 14.2. The van der Waals surface area contributed by atoms with E-state index in [0.29, 0.717) is 6.07 Å². The fourth-order valence-corrected chi connectivity index (χ4v) is 1.84. The molecule has 19 heavy (non-hydrogen) atoms. The molecule has 1 aromatic heterocycles. The molecule has 2 rings (SSSR count). The molecule has 0 bridgehead atoms. The second-order valence-electron chi connectivity index (χ2n) is 4.10. The number of halogens is 5. The van der Waals surface area contributed by atoms with Gasteiger partial charge in [-0.25, -0.2) is 13.8 Å². The summed E-state index contributed by atoms with van der Waals surface area (Å²) in [6, 6.07) is 1.64. The van der Waals surface area contributed by atoms with Crippen LogP contribution in [0.25, 0.3) is 11.0 Å². The quantitative estimate of drug-likeness (QED) is 0.876. The summed E-state index contributed by atoms with van der Waals surface area (Å²) in [6.07, 6.45) is -5.51. The Balaban J connectivity index is 2.30. The molecule has 0 aliphatic rings. The van der Waals surface area contributed by atoms with Crippen molar-refractivity contribution in [2.24, 2.45) is 0 Å². The van der Waals surface area contributed by atoms with E-state index < -0.39 is 24.2 Å². The highest BCUT2D eigenvalue weighted by molar-refractivity contribution is 5.79. The van der Waals surface area contributed by atoms with E-state index >= 15 is 0 Å². The van der Waals surface area contributed by atoms with Crippen molar-refractivity contribution in [2.45, 2.75) is 25.6 Å². The van der Waals surface area contributed by atoms with Crippen LogP contribution in [0.4, 0.5) is 27.9 Å². The molecular formula is C11H10F5N3. The molecule has 0 unspecified atom stereocenters. The van der Waals surface area contributed by atoms with Gasteiger partial charge in [0, 0.05) is 25.1 Å². The van der Waals surface area contributed by atoms with Crippen LogP contribution in [0.2, 0.25) is 0 Å². The van der Waals surface area contributed by atoms with Gasteiger partial charge in [0.05, 0.1) is 5.52 Å². The maximum Gasteiger partial charge on any atom is 0.389 e. The predicted octanol–water partition coefficient (Wildman–Crippen LogP) is 3.24. The van der Waals surface area contributed by atoms with Crippen molar-refractivity contribution < 1.29 is 22.0 Å². The van der Waals surface area contributed by atoms with E-state index in [4.69, 9.17) is 5.73 Å². The Kier molecular flexibility index (Phi) is 3.34. The first-order valence-corrected chi connectivity index (χ1v) is 5.45. The lowest BCUT2D eigenvalue weighted by Crippen LogP contribution is -2.10. The van der Waals surface area contributed by atoms with Gasteiger partial charge in [-0.2, -0.15) is 13.2 Å². The fraction of sp³-hybridized carbons (Fsp3) is 0.364. The number of benzene rings is 1. The third kappa shape index (κ3) is 2.94. The maximum atomic E-state index is 13.4. The summed E-state index contributed by atoms with van der Waals surface area (Å²) >= 11 is 0. The topological polar surface area (TPSA) is 43.8 Å². The van der Waals surface area contributed by atoms with Crippen LogP contribution < -0.4 is 5.73 Å². The average molecular weight is 279 g/mol. The Hall–Kier alpha value is -1.86. The van der Waals surface area contributed by atoms with Crippen LogP contribution in [0, 0.1) is 11.6 Å². The standard InChI is InChI=1S/C11H10F5N3/c12-6-4-7(13)9-8(5-6)19(10(17)18-9)3-1-2-11(14,15)16/h4-5H,1-3H2,(H2,17,18). The lowest BCUT2D eigenvalue weighted by atomic mass is 10.2.